The van der Waals surface area contributed by atoms with Crippen LogP contribution in [0.1, 0.15) is 44.7 Å². The summed E-state index contributed by atoms with van der Waals surface area (Å²) in [6.45, 7) is 6.38. The predicted molar refractivity (Wildman–Crippen MR) is 109 cm³/mol. The molecule has 0 atom stereocenters. The smallest absolute Gasteiger partial charge is 0.407 e. The largest absolute Gasteiger partial charge is 0.489 e. The third-order valence-corrected chi connectivity index (χ3v) is 3.87. The second kappa shape index (κ2) is 10.5. The monoisotopic (exact) mass is 383 g/mol. The van der Waals surface area contributed by atoms with Crippen molar-refractivity contribution in [1.82, 2.24) is 5.32 Å². The van der Waals surface area contributed by atoms with Crippen molar-refractivity contribution in [3.63, 3.8) is 0 Å². The Labute approximate surface area is 167 Å². The first-order valence-corrected chi connectivity index (χ1v) is 9.56. The molecule has 28 heavy (non-hydrogen) atoms. The summed E-state index contributed by atoms with van der Waals surface area (Å²) in [4.78, 5) is 23.6. The molecule has 0 aliphatic rings. The molecular weight excluding hydrogens is 354 g/mol. The molecule has 0 aromatic heterocycles. The van der Waals surface area contributed by atoms with Gasteiger partial charge >= 0.3 is 6.09 Å². The minimum Gasteiger partial charge on any atom is -0.489 e. The van der Waals surface area contributed by atoms with Gasteiger partial charge in [-0.2, -0.15) is 0 Å². The van der Waals surface area contributed by atoms with E-state index in [9.17, 15) is 9.59 Å². The van der Waals surface area contributed by atoms with Crippen molar-refractivity contribution in [3.8, 4) is 5.75 Å². The molecule has 0 fully saturated rings. The van der Waals surface area contributed by atoms with E-state index in [1.807, 2.05) is 75.4 Å². The van der Waals surface area contributed by atoms with Gasteiger partial charge in [-0.1, -0.05) is 42.5 Å². The lowest BCUT2D eigenvalue weighted by Crippen LogP contribution is -2.33. The van der Waals surface area contributed by atoms with Gasteiger partial charge in [0.15, 0.2) is 0 Å². The standard InChI is InChI=1S/C23H29NO4/c1-23(2,3)28-22(26)24-15-7-10-20(25)16-18-11-13-21(14-12-18)27-17-19-8-5-4-6-9-19/h4-6,8-9,11-14H,7,10,15-17H2,1-3H3,(H,24,26). The van der Waals surface area contributed by atoms with Crippen molar-refractivity contribution in [2.24, 2.45) is 0 Å². The van der Waals surface area contributed by atoms with Gasteiger partial charge in [0.25, 0.3) is 0 Å². The van der Waals surface area contributed by atoms with E-state index >= 15 is 0 Å². The van der Waals surface area contributed by atoms with E-state index in [0.29, 0.717) is 32.4 Å². The molecule has 0 unspecified atom stereocenters. The third-order valence-electron chi connectivity index (χ3n) is 3.87. The zero-order valence-electron chi connectivity index (χ0n) is 16.9. The van der Waals surface area contributed by atoms with Crippen LogP contribution in [0.15, 0.2) is 54.6 Å². The molecule has 5 nitrogen and oxygen atoms in total. The zero-order chi connectivity index (χ0) is 20.4. The van der Waals surface area contributed by atoms with Gasteiger partial charge in [0.2, 0.25) is 0 Å². The summed E-state index contributed by atoms with van der Waals surface area (Å²) >= 11 is 0. The van der Waals surface area contributed by atoms with Gasteiger partial charge in [0.05, 0.1) is 0 Å². The minimum atomic E-state index is -0.517. The Balaban J connectivity index is 1.66. The molecule has 0 radical (unpaired) electrons. The van der Waals surface area contributed by atoms with E-state index in [1.165, 1.54) is 0 Å². The SMILES string of the molecule is CC(C)(C)OC(=O)NCCCC(=O)Cc1ccc(OCc2ccccc2)cc1. The second-order valence-electron chi connectivity index (χ2n) is 7.67. The summed E-state index contributed by atoms with van der Waals surface area (Å²) in [7, 11) is 0. The number of benzene rings is 2. The number of carbonyl (C=O) groups excluding carboxylic acids is 2. The van der Waals surface area contributed by atoms with E-state index in [2.05, 4.69) is 5.32 Å². The third kappa shape index (κ3) is 8.71. The molecule has 1 N–H and O–H groups in total. The number of carbonyl (C=O) groups is 2. The fraction of sp³-hybridized carbons (Fsp3) is 0.391. The maximum Gasteiger partial charge on any atom is 0.407 e. The van der Waals surface area contributed by atoms with Crippen molar-refractivity contribution in [1.29, 1.82) is 0 Å². The number of alkyl carbamates (subject to hydrolysis) is 1. The number of hydrogen-bond acceptors (Lipinski definition) is 4. The van der Waals surface area contributed by atoms with Crippen LogP contribution in [0.5, 0.6) is 5.75 Å². The molecule has 2 aromatic rings. The molecule has 2 aromatic carbocycles. The predicted octanol–water partition coefficient (Wildman–Crippen LogP) is 4.68. The van der Waals surface area contributed by atoms with Gasteiger partial charge < -0.3 is 14.8 Å². The second-order valence-corrected chi connectivity index (χ2v) is 7.67. The van der Waals surface area contributed by atoms with Gasteiger partial charge in [0.1, 0.15) is 23.7 Å². The Morgan fingerprint density at radius 3 is 2.25 bits per heavy atom. The van der Waals surface area contributed by atoms with Crippen LogP contribution >= 0.6 is 0 Å². The highest BCUT2D eigenvalue weighted by Crippen LogP contribution is 2.15. The van der Waals surface area contributed by atoms with Crippen LogP contribution in [0.4, 0.5) is 4.79 Å². The Hall–Kier alpha value is -2.82. The van der Waals surface area contributed by atoms with Crippen LogP contribution in [-0.4, -0.2) is 24.0 Å². The summed E-state index contributed by atoms with van der Waals surface area (Å²) in [6.07, 6.45) is 0.940. The van der Waals surface area contributed by atoms with E-state index in [0.717, 1.165) is 16.9 Å². The molecule has 0 spiro atoms. The first-order chi connectivity index (χ1) is 13.3. The van der Waals surface area contributed by atoms with E-state index in [1.54, 1.807) is 0 Å². The highest BCUT2D eigenvalue weighted by Gasteiger charge is 2.15. The lowest BCUT2D eigenvalue weighted by Gasteiger charge is -2.19. The van der Waals surface area contributed by atoms with E-state index in [-0.39, 0.29) is 5.78 Å². The summed E-state index contributed by atoms with van der Waals surface area (Å²) in [5.74, 6) is 0.922. The molecule has 5 heteroatoms. The molecule has 0 aliphatic heterocycles. The Morgan fingerprint density at radius 1 is 0.929 bits per heavy atom. The molecule has 0 aliphatic carbocycles. The van der Waals surface area contributed by atoms with Crippen LogP contribution in [0.3, 0.4) is 0 Å². The zero-order valence-corrected chi connectivity index (χ0v) is 16.9. The van der Waals surface area contributed by atoms with Crippen LogP contribution in [0.25, 0.3) is 0 Å². The average Bonchev–Trinajstić information content (AvgIpc) is 2.64. The number of hydrogen-bond donors (Lipinski definition) is 1. The summed E-state index contributed by atoms with van der Waals surface area (Å²) in [5, 5.41) is 2.66. The lowest BCUT2D eigenvalue weighted by atomic mass is 10.1. The van der Waals surface area contributed by atoms with Gasteiger partial charge in [-0.3, -0.25) is 4.79 Å². The number of ether oxygens (including phenoxy) is 2. The maximum absolute atomic E-state index is 12.1. The first-order valence-electron chi connectivity index (χ1n) is 9.56. The van der Waals surface area contributed by atoms with Crippen LogP contribution in [0.2, 0.25) is 0 Å². The van der Waals surface area contributed by atoms with Crippen molar-refractivity contribution in [2.45, 2.75) is 52.2 Å². The highest BCUT2D eigenvalue weighted by molar-refractivity contribution is 5.80. The topological polar surface area (TPSA) is 64.6 Å². The molecule has 0 heterocycles. The molecule has 0 saturated carbocycles. The van der Waals surface area contributed by atoms with Crippen LogP contribution < -0.4 is 10.1 Å². The van der Waals surface area contributed by atoms with Crippen molar-refractivity contribution in [2.75, 3.05) is 6.54 Å². The number of Topliss-reactive ketones (excluding diaryl/α,β-unsaturated/α-hetero) is 1. The number of amides is 1. The quantitative estimate of drug-likeness (QED) is 0.639. The molecule has 0 saturated heterocycles. The number of nitrogens with one attached hydrogen (secondary N) is 1. The number of rotatable bonds is 9. The van der Waals surface area contributed by atoms with Crippen molar-refractivity contribution >= 4 is 11.9 Å². The summed E-state index contributed by atoms with van der Waals surface area (Å²) < 4.78 is 10.9. The minimum absolute atomic E-state index is 0.143. The molecule has 2 rings (SSSR count). The summed E-state index contributed by atoms with van der Waals surface area (Å²) in [6, 6.07) is 17.6. The van der Waals surface area contributed by atoms with Crippen molar-refractivity contribution < 1.29 is 19.1 Å². The fourth-order valence-electron chi connectivity index (χ4n) is 2.55. The fourth-order valence-corrected chi connectivity index (χ4v) is 2.55. The lowest BCUT2D eigenvalue weighted by molar-refractivity contribution is -0.118. The highest BCUT2D eigenvalue weighted by atomic mass is 16.6. The van der Waals surface area contributed by atoms with E-state index < -0.39 is 11.7 Å². The Bertz CT molecular complexity index is 748. The Kier molecular flexibility index (Phi) is 8.05. The van der Waals surface area contributed by atoms with Gasteiger partial charge in [-0.15, -0.1) is 0 Å². The molecular formula is C23H29NO4. The number of ketones is 1. The Morgan fingerprint density at radius 2 is 1.61 bits per heavy atom. The van der Waals surface area contributed by atoms with Gasteiger partial charge in [-0.25, -0.2) is 4.79 Å². The van der Waals surface area contributed by atoms with Gasteiger partial charge in [-0.05, 0) is 50.5 Å². The van der Waals surface area contributed by atoms with Crippen LogP contribution in [0, 0.1) is 0 Å². The molecule has 0 bridgehead atoms. The van der Waals surface area contributed by atoms with Crippen molar-refractivity contribution in [3.05, 3.63) is 65.7 Å². The molecule has 150 valence electrons. The normalized spacial score (nSPS) is 11.0. The van der Waals surface area contributed by atoms with Gasteiger partial charge in [0, 0.05) is 19.4 Å². The molecule has 1 amide bonds. The maximum atomic E-state index is 12.1. The first kappa shape index (κ1) is 21.5. The summed E-state index contributed by atoms with van der Waals surface area (Å²) in [5.41, 5.74) is 1.55. The van der Waals surface area contributed by atoms with E-state index in [4.69, 9.17) is 9.47 Å². The van der Waals surface area contributed by atoms with Crippen LogP contribution in [-0.2, 0) is 22.6 Å². The average molecular weight is 383 g/mol.